The molecule has 2 nitrogen and oxygen atoms in total. The van der Waals surface area contributed by atoms with E-state index in [0.717, 1.165) is 6.42 Å². The van der Waals surface area contributed by atoms with Crippen LogP contribution in [0, 0.1) is 0 Å². The average Bonchev–Trinajstić information content (AvgIpc) is 2.64. The van der Waals surface area contributed by atoms with E-state index in [0.29, 0.717) is 0 Å². The van der Waals surface area contributed by atoms with E-state index in [4.69, 9.17) is 0 Å². The summed E-state index contributed by atoms with van der Waals surface area (Å²) in [6.45, 7) is 0. The molecule has 0 radical (unpaired) electrons. The number of anilines is 1. The van der Waals surface area contributed by atoms with Crippen molar-refractivity contribution in [1.82, 2.24) is 0 Å². The summed E-state index contributed by atoms with van der Waals surface area (Å²) < 4.78 is 0. The first-order chi connectivity index (χ1) is 4.95. The summed E-state index contributed by atoms with van der Waals surface area (Å²) in [6.07, 6.45) is 1.04. The van der Waals surface area contributed by atoms with Crippen molar-refractivity contribution in [1.29, 1.82) is 0 Å². The Balaban J connectivity index is 2.26. The molecule has 0 aliphatic carbocycles. The highest BCUT2D eigenvalue weighted by Gasteiger charge is 2.34. The number of hydrogen-bond acceptors (Lipinski definition) is 2. The zero-order valence-electron chi connectivity index (χ0n) is 5.41. The van der Waals surface area contributed by atoms with E-state index in [1.165, 1.54) is 17.1 Å². The molecule has 0 saturated carbocycles. The first kappa shape index (κ1) is 4.50. The molecule has 0 unspecified atom stereocenters. The zero-order chi connectivity index (χ0) is 6.55. The third-order valence-corrected chi connectivity index (χ3v) is 1.99. The van der Waals surface area contributed by atoms with Crippen LogP contribution in [0.1, 0.15) is 5.56 Å². The fourth-order valence-electron chi connectivity index (χ4n) is 1.43. The van der Waals surface area contributed by atoms with Crippen LogP contribution in [0.5, 0.6) is 0 Å². The first-order valence-corrected chi connectivity index (χ1v) is 3.41. The Morgan fingerprint density at radius 1 is 1.30 bits per heavy atom. The molecule has 0 saturated heterocycles. The van der Waals surface area contributed by atoms with Crippen molar-refractivity contribution in [2.24, 2.45) is 5.10 Å². The molecule has 1 aromatic rings. The number of benzene rings is 1. The lowest BCUT2D eigenvalue weighted by atomic mass is 10.2. The van der Waals surface area contributed by atoms with E-state index in [2.05, 4.69) is 29.4 Å². The van der Waals surface area contributed by atoms with Crippen LogP contribution in [0.25, 0.3) is 0 Å². The van der Waals surface area contributed by atoms with Crippen molar-refractivity contribution in [2.45, 2.75) is 6.42 Å². The molecule has 1 aromatic carbocycles. The van der Waals surface area contributed by atoms with E-state index in [-0.39, 0.29) is 0 Å². The maximum absolute atomic E-state index is 4.15. The quantitative estimate of drug-likeness (QED) is 0.518. The molecule has 48 valence electrons. The van der Waals surface area contributed by atoms with Crippen molar-refractivity contribution in [3.05, 3.63) is 29.8 Å². The highest BCUT2D eigenvalue weighted by atomic mass is 15.6. The molecule has 0 atom stereocenters. The Labute approximate surface area is 58.8 Å². The van der Waals surface area contributed by atoms with Crippen molar-refractivity contribution < 1.29 is 0 Å². The molecular weight excluding hydrogens is 124 g/mol. The summed E-state index contributed by atoms with van der Waals surface area (Å²) in [6, 6.07) is 8.39. The first-order valence-electron chi connectivity index (χ1n) is 3.41. The maximum Gasteiger partial charge on any atom is 0.155 e. The highest BCUT2D eigenvalue weighted by Crippen LogP contribution is 2.35. The van der Waals surface area contributed by atoms with E-state index >= 15 is 0 Å². The van der Waals surface area contributed by atoms with Gasteiger partial charge in [-0.2, -0.15) is 5.10 Å². The SMILES string of the molecule is c1ccc2c(c1)CC1=NN12. The van der Waals surface area contributed by atoms with E-state index in [1.807, 2.05) is 5.01 Å². The number of fused-ring (bicyclic) bond motifs is 3. The Morgan fingerprint density at radius 3 is 3.10 bits per heavy atom. The maximum atomic E-state index is 4.15. The summed E-state index contributed by atoms with van der Waals surface area (Å²) in [5.41, 5.74) is 2.69. The topological polar surface area (TPSA) is 15.4 Å². The van der Waals surface area contributed by atoms with Crippen LogP contribution in [-0.2, 0) is 6.42 Å². The second-order valence-electron chi connectivity index (χ2n) is 2.63. The van der Waals surface area contributed by atoms with Gasteiger partial charge in [0.05, 0.1) is 5.69 Å². The predicted molar refractivity (Wildman–Crippen MR) is 40.1 cm³/mol. The van der Waals surface area contributed by atoms with Crippen LogP contribution in [0.4, 0.5) is 5.69 Å². The minimum absolute atomic E-state index is 1.04. The molecule has 0 amide bonds. The molecule has 2 aliphatic heterocycles. The third kappa shape index (κ3) is 0.386. The van der Waals surface area contributed by atoms with Gasteiger partial charge in [-0.25, -0.2) is 5.01 Å². The summed E-state index contributed by atoms with van der Waals surface area (Å²) >= 11 is 0. The molecule has 0 fully saturated rings. The second-order valence-corrected chi connectivity index (χ2v) is 2.63. The lowest BCUT2D eigenvalue weighted by Crippen LogP contribution is -1.93. The third-order valence-electron chi connectivity index (χ3n) is 1.99. The number of rotatable bonds is 0. The van der Waals surface area contributed by atoms with E-state index in [1.54, 1.807) is 0 Å². The minimum atomic E-state index is 1.04. The van der Waals surface area contributed by atoms with Crippen molar-refractivity contribution in [3.63, 3.8) is 0 Å². The Hall–Kier alpha value is -1.31. The number of hydrogen-bond donors (Lipinski definition) is 0. The molecule has 0 N–H and O–H groups in total. The van der Waals surface area contributed by atoms with Crippen LogP contribution >= 0.6 is 0 Å². The van der Waals surface area contributed by atoms with Gasteiger partial charge in [-0.05, 0) is 11.6 Å². The van der Waals surface area contributed by atoms with Crippen LogP contribution in [0.15, 0.2) is 29.4 Å². The zero-order valence-corrected chi connectivity index (χ0v) is 5.41. The standard InChI is InChI=1S/C8H6N2/c1-2-4-7-6(3-1)5-8-9-10(7)8/h1-4H,5H2. The van der Waals surface area contributed by atoms with Gasteiger partial charge in [-0.3, -0.25) is 0 Å². The van der Waals surface area contributed by atoms with Gasteiger partial charge in [0.25, 0.3) is 0 Å². The van der Waals surface area contributed by atoms with Gasteiger partial charge in [0, 0.05) is 6.42 Å². The van der Waals surface area contributed by atoms with Gasteiger partial charge in [0.1, 0.15) is 0 Å². The van der Waals surface area contributed by atoms with Crippen molar-refractivity contribution in [3.8, 4) is 0 Å². The number of nitrogens with zero attached hydrogens (tertiary/aromatic N) is 2. The van der Waals surface area contributed by atoms with Gasteiger partial charge < -0.3 is 0 Å². The highest BCUT2D eigenvalue weighted by molar-refractivity contribution is 6.14. The molecular formula is C8H6N2. The molecule has 0 bridgehead atoms. The summed E-state index contributed by atoms with van der Waals surface area (Å²) in [4.78, 5) is 0. The van der Waals surface area contributed by atoms with Gasteiger partial charge in [-0.15, -0.1) is 0 Å². The summed E-state index contributed by atoms with van der Waals surface area (Å²) in [5.74, 6) is 1.22. The smallest absolute Gasteiger partial charge is 0.155 e. The average molecular weight is 130 g/mol. The monoisotopic (exact) mass is 130 g/mol. The molecule has 2 heterocycles. The number of hydrazone groups is 1. The van der Waals surface area contributed by atoms with Crippen molar-refractivity contribution in [2.75, 3.05) is 5.01 Å². The van der Waals surface area contributed by atoms with Crippen LogP contribution in [0.2, 0.25) is 0 Å². The number of amidine groups is 1. The Kier molecular flexibility index (Phi) is 0.556. The Morgan fingerprint density at radius 2 is 2.20 bits per heavy atom. The fourth-order valence-corrected chi connectivity index (χ4v) is 1.43. The second kappa shape index (κ2) is 1.24. The molecule has 2 aliphatic rings. The van der Waals surface area contributed by atoms with Gasteiger partial charge >= 0.3 is 0 Å². The van der Waals surface area contributed by atoms with Crippen molar-refractivity contribution >= 4 is 11.5 Å². The lowest BCUT2D eigenvalue weighted by molar-refractivity contribution is 1.30. The molecule has 3 rings (SSSR count). The van der Waals surface area contributed by atoms with Crippen LogP contribution in [0.3, 0.4) is 0 Å². The summed E-state index contributed by atoms with van der Waals surface area (Å²) in [5, 5.41) is 6.16. The summed E-state index contributed by atoms with van der Waals surface area (Å²) in [7, 11) is 0. The molecule has 0 spiro atoms. The van der Waals surface area contributed by atoms with Crippen LogP contribution < -0.4 is 5.01 Å². The lowest BCUT2D eigenvalue weighted by Gasteiger charge is -1.97. The van der Waals surface area contributed by atoms with Crippen LogP contribution in [-0.4, -0.2) is 5.84 Å². The molecule has 0 aromatic heterocycles. The van der Waals surface area contributed by atoms with E-state index < -0.39 is 0 Å². The minimum Gasteiger partial charge on any atom is -0.215 e. The van der Waals surface area contributed by atoms with Gasteiger partial charge in [-0.1, -0.05) is 18.2 Å². The molecule has 10 heavy (non-hydrogen) atoms. The Bertz CT molecular complexity index is 328. The van der Waals surface area contributed by atoms with E-state index in [9.17, 15) is 0 Å². The van der Waals surface area contributed by atoms with Gasteiger partial charge in [0.15, 0.2) is 5.84 Å². The fraction of sp³-hybridized carbons (Fsp3) is 0.125. The predicted octanol–water partition coefficient (Wildman–Crippen LogP) is 1.38. The van der Waals surface area contributed by atoms with Gasteiger partial charge in [0.2, 0.25) is 0 Å². The molecule has 2 heteroatoms. The largest absolute Gasteiger partial charge is 0.215 e. The number of para-hydroxylation sites is 1. The normalized spacial score (nSPS) is 18.0.